The minimum absolute atomic E-state index is 0.0439. The topological polar surface area (TPSA) is 37.3 Å². The molecule has 0 unspecified atom stereocenters. The summed E-state index contributed by atoms with van der Waals surface area (Å²) in [4.78, 5) is 10.8. The third kappa shape index (κ3) is 1.22. The lowest BCUT2D eigenvalue weighted by Crippen LogP contribution is -2.02. The van der Waals surface area contributed by atoms with Crippen LogP contribution in [0.3, 0.4) is 0 Å². The molecule has 0 aromatic rings. The number of aliphatic hydroxyl groups is 1. The summed E-state index contributed by atoms with van der Waals surface area (Å²) < 4.78 is 0. The Morgan fingerprint density at radius 2 is 2.20 bits per heavy atom. The van der Waals surface area contributed by atoms with Crippen molar-refractivity contribution in [2.75, 3.05) is 0 Å². The van der Waals surface area contributed by atoms with E-state index in [0.717, 1.165) is 0 Å². The number of aliphatic hydroxyl groups excluding tert-OH is 1. The maximum Gasteiger partial charge on any atom is 0.174 e. The maximum absolute atomic E-state index is 10.8. The number of hydrogen-bond donors (Lipinski definition) is 1. The van der Waals surface area contributed by atoms with Gasteiger partial charge in [-0.2, -0.15) is 0 Å². The molecule has 1 atom stereocenters. The highest BCUT2D eigenvalue weighted by Gasteiger charge is 2.23. The molecule has 2 nitrogen and oxygen atoms in total. The van der Waals surface area contributed by atoms with E-state index in [0.29, 0.717) is 18.4 Å². The Kier molecular flexibility index (Phi) is 2.11. The predicted octanol–water partition coefficient (Wildman–Crippen LogP) is 1.22. The largest absolute Gasteiger partial charge is 0.389 e. The van der Waals surface area contributed by atoms with Crippen LogP contribution >= 0.6 is 11.6 Å². The van der Waals surface area contributed by atoms with Crippen molar-refractivity contribution in [3.63, 3.8) is 0 Å². The highest BCUT2D eigenvalue weighted by atomic mass is 35.5. The van der Waals surface area contributed by atoms with Gasteiger partial charge in [0.1, 0.15) is 0 Å². The van der Waals surface area contributed by atoms with Crippen molar-refractivity contribution in [1.29, 1.82) is 0 Å². The van der Waals surface area contributed by atoms with E-state index in [9.17, 15) is 4.79 Å². The molecule has 0 heterocycles. The molecule has 0 spiro atoms. The van der Waals surface area contributed by atoms with Gasteiger partial charge in [0, 0.05) is 6.42 Å². The smallest absolute Gasteiger partial charge is 0.174 e. The molecule has 0 amide bonds. The first kappa shape index (κ1) is 7.76. The maximum atomic E-state index is 10.8. The lowest BCUT2D eigenvalue weighted by molar-refractivity contribution is -0.114. The monoisotopic (exact) mass is 160 g/mol. The summed E-state index contributed by atoms with van der Waals surface area (Å²) >= 11 is 5.59. The molecule has 0 saturated heterocycles. The molecule has 1 N–H and O–H groups in total. The van der Waals surface area contributed by atoms with Gasteiger partial charge in [0.2, 0.25) is 0 Å². The molecule has 0 saturated carbocycles. The Bertz CT molecular complexity index is 194. The van der Waals surface area contributed by atoms with Crippen molar-refractivity contribution in [2.24, 2.45) is 0 Å². The van der Waals surface area contributed by atoms with Gasteiger partial charge in [0.05, 0.1) is 11.1 Å². The van der Waals surface area contributed by atoms with Crippen LogP contribution in [0, 0.1) is 0 Å². The predicted molar refractivity (Wildman–Crippen MR) is 38.8 cm³/mol. The molecular formula is C7H9ClO2. The van der Waals surface area contributed by atoms with Crippen molar-refractivity contribution in [1.82, 2.24) is 0 Å². The van der Waals surface area contributed by atoms with E-state index in [-0.39, 0.29) is 10.8 Å². The number of allylic oxidation sites excluding steroid dienone is 1. The van der Waals surface area contributed by atoms with Crippen molar-refractivity contribution >= 4 is 17.4 Å². The Hall–Kier alpha value is -0.340. The van der Waals surface area contributed by atoms with Gasteiger partial charge in [-0.25, -0.2) is 0 Å². The fraction of sp³-hybridized carbons (Fsp3) is 0.571. The summed E-state index contributed by atoms with van der Waals surface area (Å²) in [6, 6.07) is 0. The minimum atomic E-state index is -0.570. The number of carbonyl (C=O) groups excluding carboxylic acids is 1. The molecule has 0 aromatic carbocycles. The van der Waals surface area contributed by atoms with Crippen LogP contribution in [0.4, 0.5) is 0 Å². The third-order valence-corrected chi connectivity index (χ3v) is 2.11. The highest BCUT2D eigenvalue weighted by Crippen LogP contribution is 2.27. The molecule has 3 heteroatoms. The molecule has 0 radical (unpaired) electrons. The van der Waals surface area contributed by atoms with Crippen molar-refractivity contribution in [3.8, 4) is 0 Å². The van der Waals surface area contributed by atoms with E-state index in [2.05, 4.69) is 0 Å². The lowest BCUT2D eigenvalue weighted by Gasteiger charge is -2.03. The van der Waals surface area contributed by atoms with Gasteiger partial charge in [-0.05, 0) is 18.9 Å². The SMILES string of the molecule is C[C@@H](O)C1=C(Cl)C(=O)CC1. The average Bonchev–Trinajstić information content (AvgIpc) is 2.14. The normalized spacial score (nSPS) is 22.1. The van der Waals surface area contributed by atoms with Crippen LogP contribution < -0.4 is 0 Å². The molecule has 0 aliphatic heterocycles. The molecule has 1 rings (SSSR count). The molecule has 0 aromatic heterocycles. The average molecular weight is 161 g/mol. The van der Waals surface area contributed by atoms with Gasteiger partial charge in [0.15, 0.2) is 5.78 Å². The standard InChI is InChI=1S/C7H9ClO2/c1-4(9)5-2-3-6(10)7(5)8/h4,9H,2-3H2,1H3/t4-/m1/s1. The third-order valence-electron chi connectivity index (χ3n) is 1.65. The van der Waals surface area contributed by atoms with Crippen LogP contribution in [-0.4, -0.2) is 17.0 Å². The van der Waals surface area contributed by atoms with E-state index in [4.69, 9.17) is 16.7 Å². The van der Waals surface area contributed by atoms with Crippen molar-refractivity contribution in [3.05, 3.63) is 10.6 Å². The number of halogens is 1. The van der Waals surface area contributed by atoms with Gasteiger partial charge < -0.3 is 5.11 Å². The fourth-order valence-electron chi connectivity index (χ4n) is 1.04. The van der Waals surface area contributed by atoms with Crippen LogP contribution in [0.1, 0.15) is 19.8 Å². The summed E-state index contributed by atoms with van der Waals surface area (Å²) in [6.45, 7) is 1.62. The molecular weight excluding hydrogens is 152 g/mol. The number of Topliss-reactive ketones (excluding diaryl/α,β-unsaturated/α-hetero) is 1. The summed E-state index contributed by atoms with van der Waals surface area (Å²) in [5.74, 6) is -0.0439. The first-order valence-corrected chi connectivity index (χ1v) is 3.60. The first-order chi connectivity index (χ1) is 4.63. The summed E-state index contributed by atoms with van der Waals surface area (Å²) in [5, 5.41) is 9.29. The molecule has 0 fully saturated rings. The summed E-state index contributed by atoms with van der Waals surface area (Å²) in [7, 11) is 0. The van der Waals surface area contributed by atoms with Gasteiger partial charge >= 0.3 is 0 Å². The second-order valence-corrected chi connectivity index (χ2v) is 2.82. The summed E-state index contributed by atoms with van der Waals surface area (Å²) in [5.41, 5.74) is 0.687. The van der Waals surface area contributed by atoms with Crippen LogP contribution in [0.5, 0.6) is 0 Å². The molecule has 1 aliphatic rings. The molecule has 0 bridgehead atoms. The van der Waals surface area contributed by atoms with E-state index < -0.39 is 6.10 Å². The van der Waals surface area contributed by atoms with Crippen molar-refractivity contribution < 1.29 is 9.90 Å². The lowest BCUT2D eigenvalue weighted by atomic mass is 10.1. The number of hydrogen-bond acceptors (Lipinski definition) is 2. The fourth-order valence-corrected chi connectivity index (χ4v) is 1.39. The second-order valence-electron chi connectivity index (χ2n) is 2.44. The van der Waals surface area contributed by atoms with E-state index in [1.165, 1.54) is 0 Å². The zero-order valence-corrected chi connectivity index (χ0v) is 6.48. The van der Waals surface area contributed by atoms with Crippen LogP contribution in [0.25, 0.3) is 0 Å². The number of rotatable bonds is 1. The number of ketones is 1. The van der Waals surface area contributed by atoms with Crippen LogP contribution in [0.2, 0.25) is 0 Å². The summed E-state index contributed by atoms with van der Waals surface area (Å²) in [6.07, 6.45) is 0.507. The van der Waals surface area contributed by atoms with Crippen LogP contribution in [0.15, 0.2) is 10.6 Å². The van der Waals surface area contributed by atoms with Gasteiger partial charge in [-0.3, -0.25) is 4.79 Å². The van der Waals surface area contributed by atoms with E-state index in [1.54, 1.807) is 6.92 Å². The van der Waals surface area contributed by atoms with Crippen molar-refractivity contribution in [2.45, 2.75) is 25.9 Å². The van der Waals surface area contributed by atoms with Gasteiger partial charge in [-0.15, -0.1) is 0 Å². The minimum Gasteiger partial charge on any atom is -0.389 e. The zero-order chi connectivity index (χ0) is 7.72. The Morgan fingerprint density at radius 1 is 1.60 bits per heavy atom. The van der Waals surface area contributed by atoms with E-state index >= 15 is 0 Å². The quantitative estimate of drug-likeness (QED) is 0.627. The van der Waals surface area contributed by atoms with E-state index in [1.807, 2.05) is 0 Å². The Labute approximate surface area is 64.5 Å². The first-order valence-electron chi connectivity index (χ1n) is 3.22. The Morgan fingerprint density at radius 3 is 2.40 bits per heavy atom. The Balaban J connectivity index is 2.85. The molecule has 1 aliphatic carbocycles. The zero-order valence-electron chi connectivity index (χ0n) is 5.72. The van der Waals surface area contributed by atoms with Gasteiger partial charge in [0.25, 0.3) is 0 Å². The molecule has 10 heavy (non-hydrogen) atoms. The van der Waals surface area contributed by atoms with Gasteiger partial charge in [-0.1, -0.05) is 11.6 Å². The molecule has 56 valence electrons. The highest BCUT2D eigenvalue weighted by molar-refractivity contribution is 6.43. The second kappa shape index (κ2) is 2.72. The van der Waals surface area contributed by atoms with Crippen LogP contribution in [-0.2, 0) is 4.79 Å². The number of carbonyl (C=O) groups is 1.